The molecule has 0 aliphatic heterocycles. The summed E-state index contributed by atoms with van der Waals surface area (Å²) >= 11 is 0. The van der Waals surface area contributed by atoms with Gasteiger partial charge in [-0.3, -0.25) is 9.36 Å². The third-order valence-electron chi connectivity index (χ3n) is 3.75. The Morgan fingerprint density at radius 2 is 2.18 bits per heavy atom. The van der Waals surface area contributed by atoms with Gasteiger partial charge in [-0.05, 0) is 32.0 Å². The number of hydrogen-bond donors (Lipinski definition) is 3. The van der Waals surface area contributed by atoms with Crippen molar-refractivity contribution in [3.05, 3.63) is 46.4 Å². The number of aromatic nitrogens is 4. The van der Waals surface area contributed by atoms with Crippen LogP contribution in [0.15, 0.2) is 29.3 Å². The summed E-state index contributed by atoms with van der Waals surface area (Å²) in [6.07, 6.45) is 1.85. The molecule has 3 rings (SSSR count). The Bertz CT molecular complexity index is 887. The van der Waals surface area contributed by atoms with Crippen molar-refractivity contribution in [3.8, 4) is 0 Å². The van der Waals surface area contributed by atoms with E-state index in [4.69, 9.17) is 0 Å². The molecule has 3 N–H and O–H groups in total. The minimum absolute atomic E-state index is 0.135. The van der Waals surface area contributed by atoms with Crippen molar-refractivity contribution in [2.75, 3.05) is 5.32 Å². The van der Waals surface area contributed by atoms with Crippen LogP contribution in [0.3, 0.4) is 0 Å². The molecule has 0 saturated heterocycles. The molecule has 0 radical (unpaired) electrons. The fourth-order valence-electron chi connectivity index (χ4n) is 2.39. The van der Waals surface area contributed by atoms with Crippen molar-refractivity contribution in [2.45, 2.75) is 26.8 Å². The molecule has 0 fully saturated rings. The first-order chi connectivity index (χ1) is 10.5. The topological polar surface area (TPSA) is 95.6 Å². The minimum Gasteiger partial charge on any atom is -0.345 e. The van der Waals surface area contributed by atoms with E-state index in [1.807, 2.05) is 26.0 Å². The van der Waals surface area contributed by atoms with Crippen LogP contribution in [0.1, 0.15) is 17.8 Å². The molecule has 1 aromatic carbocycles. The van der Waals surface area contributed by atoms with E-state index in [1.54, 1.807) is 17.0 Å². The summed E-state index contributed by atoms with van der Waals surface area (Å²) < 4.78 is 1.58. The third-order valence-corrected chi connectivity index (χ3v) is 3.75. The third kappa shape index (κ3) is 2.65. The van der Waals surface area contributed by atoms with Gasteiger partial charge in [0.15, 0.2) is 0 Å². The summed E-state index contributed by atoms with van der Waals surface area (Å²) in [6, 6.07) is 5.47. The van der Waals surface area contributed by atoms with Crippen molar-refractivity contribution in [1.82, 2.24) is 19.5 Å². The number of amides is 1. The number of benzene rings is 1. The van der Waals surface area contributed by atoms with E-state index in [1.165, 1.54) is 0 Å². The smallest absolute Gasteiger partial charge is 0.325 e. The van der Waals surface area contributed by atoms with Crippen LogP contribution in [0.5, 0.6) is 0 Å². The van der Waals surface area contributed by atoms with Crippen molar-refractivity contribution in [1.29, 1.82) is 0 Å². The van der Waals surface area contributed by atoms with Gasteiger partial charge in [0.2, 0.25) is 5.91 Å². The van der Waals surface area contributed by atoms with Crippen LogP contribution >= 0.6 is 0 Å². The van der Waals surface area contributed by atoms with Crippen molar-refractivity contribution in [2.24, 2.45) is 0 Å². The fourth-order valence-corrected chi connectivity index (χ4v) is 2.39. The second kappa shape index (κ2) is 5.51. The summed E-state index contributed by atoms with van der Waals surface area (Å²) in [4.78, 5) is 33.6. The number of carbonyl (C=O) groups is 1. The minimum atomic E-state index is -0.179. The molecule has 0 aliphatic rings. The lowest BCUT2D eigenvalue weighted by Gasteiger charge is -2.07. The highest BCUT2D eigenvalue weighted by molar-refractivity contribution is 5.92. The molecule has 0 saturated carbocycles. The quantitative estimate of drug-likeness (QED) is 0.684. The molecule has 2 aromatic heterocycles. The number of fused-ring (bicyclic) bond motifs is 1. The van der Waals surface area contributed by atoms with Gasteiger partial charge < -0.3 is 15.3 Å². The predicted molar refractivity (Wildman–Crippen MR) is 83.9 cm³/mol. The SMILES string of the molecule is Cc1[nH]c(=O)n(CCC(=O)Nc2ccc3nc[nH]c3c2)c1C. The van der Waals surface area contributed by atoms with Gasteiger partial charge >= 0.3 is 5.69 Å². The maximum absolute atomic E-state index is 12.0. The van der Waals surface area contributed by atoms with Crippen molar-refractivity contribution >= 4 is 22.6 Å². The molecule has 1 amide bonds. The van der Waals surface area contributed by atoms with Gasteiger partial charge in [-0.25, -0.2) is 9.78 Å². The Morgan fingerprint density at radius 1 is 1.36 bits per heavy atom. The Hall–Kier alpha value is -2.83. The normalized spacial score (nSPS) is 11.0. The lowest BCUT2D eigenvalue weighted by atomic mass is 10.2. The van der Waals surface area contributed by atoms with Gasteiger partial charge in [0.25, 0.3) is 0 Å². The molecule has 114 valence electrons. The van der Waals surface area contributed by atoms with Crippen LogP contribution in [-0.2, 0) is 11.3 Å². The van der Waals surface area contributed by atoms with Crippen molar-refractivity contribution < 1.29 is 4.79 Å². The van der Waals surface area contributed by atoms with Gasteiger partial charge in [-0.15, -0.1) is 0 Å². The molecule has 7 heteroatoms. The van der Waals surface area contributed by atoms with Gasteiger partial charge in [0.05, 0.1) is 17.4 Å². The lowest BCUT2D eigenvalue weighted by Crippen LogP contribution is -2.22. The average molecular weight is 299 g/mol. The van der Waals surface area contributed by atoms with E-state index >= 15 is 0 Å². The zero-order chi connectivity index (χ0) is 15.7. The first kappa shape index (κ1) is 14.1. The molecule has 7 nitrogen and oxygen atoms in total. The maximum Gasteiger partial charge on any atom is 0.325 e. The fraction of sp³-hybridized carbons (Fsp3) is 0.267. The van der Waals surface area contributed by atoms with Gasteiger partial charge in [-0.1, -0.05) is 0 Å². The van der Waals surface area contributed by atoms with Crippen LogP contribution in [0.2, 0.25) is 0 Å². The Balaban J connectivity index is 1.66. The van der Waals surface area contributed by atoms with Crippen LogP contribution in [0.25, 0.3) is 11.0 Å². The molecule has 3 aromatic rings. The number of nitrogens with one attached hydrogen (secondary N) is 3. The van der Waals surface area contributed by atoms with Crippen LogP contribution in [0.4, 0.5) is 5.69 Å². The van der Waals surface area contributed by atoms with Crippen LogP contribution in [0, 0.1) is 13.8 Å². The van der Waals surface area contributed by atoms with Gasteiger partial charge in [0.1, 0.15) is 0 Å². The zero-order valence-electron chi connectivity index (χ0n) is 12.4. The van der Waals surface area contributed by atoms with E-state index in [0.717, 1.165) is 22.4 Å². The molecule has 22 heavy (non-hydrogen) atoms. The first-order valence-corrected chi connectivity index (χ1v) is 7.03. The standard InChI is InChI=1S/C15H17N5O2/c1-9-10(2)20(15(22)18-9)6-5-14(21)19-11-3-4-12-13(7-11)17-8-16-12/h3-4,7-8H,5-6H2,1-2H3,(H,16,17)(H,18,22)(H,19,21). The Labute approximate surface area is 126 Å². The highest BCUT2D eigenvalue weighted by atomic mass is 16.2. The second-order valence-corrected chi connectivity index (χ2v) is 5.22. The Morgan fingerprint density at radius 3 is 2.91 bits per heavy atom. The Kier molecular flexibility index (Phi) is 3.54. The predicted octanol–water partition coefficient (Wildman–Crippen LogP) is 1.70. The number of anilines is 1. The second-order valence-electron chi connectivity index (χ2n) is 5.22. The van der Waals surface area contributed by atoms with Gasteiger partial charge in [0, 0.05) is 30.0 Å². The largest absolute Gasteiger partial charge is 0.345 e. The first-order valence-electron chi connectivity index (χ1n) is 7.03. The summed E-state index contributed by atoms with van der Waals surface area (Å²) in [5, 5.41) is 2.83. The lowest BCUT2D eigenvalue weighted by molar-refractivity contribution is -0.116. The molecule has 0 bridgehead atoms. The number of aromatic amines is 2. The number of imidazole rings is 2. The number of hydrogen-bond acceptors (Lipinski definition) is 3. The van der Waals surface area contributed by atoms with Crippen LogP contribution < -0.4 is 11.0 Å². The van der Waals surface area contributed by atoms with E-state index in [9.17, 15) is 9.59 Å². The summed E-state index contributed by atoms with van der Waals surface area (Å²) in [6.45, 7) is 4.05. The van der Waals surface area contributed by atoms with E-state index in [2.05, 4.69) is 20.3 Å². The molecular weight excluding hydrogens is 282 g/mol. The molecule has 2 heterocycles. The maximum atomic E-state index is 12.0. The van der Waals surface area contributed by atoms with E-state index in [-0.39, 0.29) is 18.0 Å². The zero-order valence-corrected chi connectivity index (χ0v) is 12.4. The van der Waals surface area contributed by atoms with Crippen molar-refractivity contribution in [3.63, 3.8) is 0 Å². The molecular formula is C15H17N5O2. The summed E-state index contributed by atoms with van der Waals surface area (Å²) in [5.41, 5.74) is 3.93. The molecule has 0 atom stereocenters. The number of nitrogens with zero attached hydrogens (tertiary/aromatic N) is 2. The number of H-pyrrole nitrogens is 2. The molecule has 0 aliphatic carbocycles. The van der Waals surface area contributed by atoms with E-state index in [0.29, 0.717) is 12.2 Å². The number of rotatable bonds is 4. The van der Waals surface area contributed by atoms with Crippen LogP contribution in [-0.4, -0.2) is 25.4 Å². The average Bonchev–Trinajstić information content (AvgIpc) is 3.02. The monoisotopic (exact) mass is 299 g/mol. The molecule has 0 unspecified atom stereocenters. The summed E-state index contributed by atoms with van der Waals surface area (Å²) in [7, 11) is 0. The number of carbonyl (C=O) groups excluding carboxylic acids is 1. The van der Waals surface area contributed by atoms with Gasteiger partial charge in [-0.2, -0.15) is 0 Å². The summed E-state index contributed by atoms with van der Waals surface area (Å²) in [5.74, 6) is -0.135. The molecule has 0 spiro atoms. The highest BCUT2D eigenvalue weighted by Crippen LogP contribution is 2.15. The number of aryl methyl sites for hydroxylation is 1. The van der Waals surface area contributed by atoms with E-state index < -0.39 is 0 Å². The highest BCUT2D eigenvalue weighted by Gasteiger charge is 2.09.